The molecule has 1 fully saturated rings. The predicted octanol–water partition coefficient (Wildman–Crippen LogP) is 6.97. The Labute approximate surface area is 151 Å². The monoisotopic (exact) mass is 330 g/mol. The fourth-order valence-electron chi connectivity index (χ4n) is 2.87. The lowest BCUT2D eigenvalue weighted by Gasteiger charge is -2.07. The highest BCUT2D eigenvalue weighted by Gasteiger charge is 2.23. The fraction of sp³-hybridized carbons (Fsp3) is 0.250. The molecule has 0 spiro atoms. The Morgan fingerprint density at radius 3 is 1.68 bits per heavy atom. The highest BCUT2D eigenvalue weighted by molar-refractivity contribution is 5.37. The Morgan fingerprint density at radius 2 is 1.16 bits per heavy atom. The molecule has 0 aromatic heterocycles. The predicted molar refractivity (Wildman–Crippen MR) is 106 cm³/mol. The Balaban J connectivity index is 0.000000192. The zero-order chi connectivity index (χ0) is 17.6. The first-order chi connectivity index (χ1) is 12.1. The molecule has 1 aliphatic carbocycles. The maximum absolute atomic E-state index is 5.88. The van der Waals surface area contributed by atoms with E-state index in [9.17, 15) is 0 Å². The number of aryl methyl sites for hydroxylation is 3. The third-order valence-electron chi connectivity index (χ3n) is 4.31. The van der Waals surface area contributed by atoms with Crippen LogP contribution in [0.2, 0.25) is 0 Å². The van der Waals surface area contributed by atoms with Crippen LogP contribution < -0.4 is 4.74 Å². The van der Waals surface area contributed by atoms with Gasteiger partial charge in [-0.2, -0.15) is 0 Å². The SMILES string of the molecule is Cc1cccc(C)c1.Cc1cccc(Oc2cccc(C3CC3)c2)c1. The van der Waals surface area contributed by atoms with E-state index in [0.717, 1.165) is 17.4 Å². The lowest BCUT2D eigenvalue weighted by molar-refractivity contribution is 0.481. The van der Waals surface area contributed by atoms with Crippen LogP contribution >= 0.6 is 0 Å². The molecule has 4 rings (SSSR count). The van der Waals surface area contributed by atoms with Gasteiger partial charge in [-0.3, -0.25) is 0 Å². The largest absolute Gasteiger partial charge is 0.457 e. The lowest BCUT2D eigenvalue weighted by atomic mass is 10.1. The van der Waals surface area contributed by atoms with Crippen molar-refractivity contribution < 1.29 is 4.74 Å². The van der Waals surface area contributed by atoms with E-state index in [1.807, 2.05) is 18.2 Å². The Morgan fingerprint density at radius 1 is 0.640 bits per heavy atom. The summed E-state index contributed by atoms with van der Waals surface area (Å²) in [5.41, 5.74) is 5.31. The molecule has 3 aromatic rings. The van der Waals surface area contributed by atoms with Crippen LogP contribution in [0.15, 0.2) is 72.8 Å². The van der Waals surface area contributed by atoms with Crippen LogP contribution in [0.1, 0.15) is 41.0 Å². The summed E-state index contributed by atoms with van der Waals surface area (Å²) in [7, 11) is 0. The van der Waals surface area contributed by atoms with Crippen LogP contribution in [0.5, 0.6) is 11.5 Å². The summed E-state index contributed by atoms with van der Waals surface area (Å²) in [5, 5.41) is 0. The van der Waals surface area contributed by atoms with E-state index in [0.29, 0.717) is 0 Å². The van der Waals surface area contributed by atoms with Gasteiger partial charge in [0.25, 0.3) is 0 Å². The summed E-state index contributed by atoms with van der Waals surface area (Å²) in [4.78, 5) is 0. The topological polar surface area (TPSA) is 9.23 Å². The highest BCUT2D eigenvalue weighted by atomic mass is 16.5. The van der Waals surface area contributed by atoms with Gasteiger partial charge in [0.2, 0.25) is 0 Å². The minimum atomic E-state index is 0.774. The van der Waals surface area contributed by atoms with E-state index in [1.165, 1.54) is 35.1 Å². The second kappa shape index (κ2) is 8.02. The maximum Gasteiger partial charge on any atom is 0.127 e. The summed E-state index contributed by atoms with van der Waals surface area (Å²) in [6.07, 6.45) is 2.65. The van der Waals surface area contributed by atoms with Crippen molar-refractivity contribution in [1.82, 2.24) is 0 Å². The third-order valence-corrected chi connectivity index (χ3v) is 4.31. The van der Waals surface area contributed by atoms with Gasteiger partial charge in [-0.05, 0) is 74.9 Å². The summed E-state index contributed by atoms with van der Waals surface area (Å²) < 4.78 is 5.88. The smallest absolute Gasteiger partial charge is 0.127 e. The summed E-state index contributed by atoms with van der Waals surface area (Å²) in [5.74, 6) is 2.63. The van der Waals surface area contributed by atoms with Gasteiger partial charge < -0.3 is 4.74 Å². The van der Waals surface area contributed by atoms with Gasteiger partial charge in [-0.15, -0.1) is 0 Å². The van der Waals surface area contributed by atoms with Crippen LogP contribution in [0.3, 0.4) is 0 Å². The average molecular weight is 330 g/mol. The molecule has 0 atom stereocenters. The van der Waals surface area contributed by atoms with E-state index in [4.69, 9.17) is 4.74 Å². The molecule has 0 unspecified atom stereocenters. The van der Waals surface area contributed by atoms with Crippen molar-refractivity contribution in [3.05, 3.63) is 95.1 Å². The standard InChI is InChI=1S/C16H16O.C8H10/c1-12-4-2-6-15(10-12)17-16-7-3-5-14(11-16)13-8-9-13;1-7-4-3-5-8(2)6-7/h2-7,10-11,13H,8-9H2,1H3;3-6H,1-2H3. The molecule has 1 heteroatoms. The van der Waals surface area contributed by atoms with Gasteiger partial charge in [-0.1, -0.05) is 59.7 Å². The number of hydrogen-bond donors (Lipinski definition) is 0. The van der Waals surface area contributed by atoms with Crippen molar-refractivity contribution in [3.63, 3.8) is 0 Å². The lowest BCUT2D eigenvalue weighted by Crippen LogP contribution is -1.86. The van der Waals surface area contributed by atoms with Gasteiger partial charge in [0.15, 0.2) is 0 Å². The molecular weight excluding hydrogens is 304 g/mol. The number of rotatable bonds is 3. The van der Waals surface area contributed by atoms with Crippen molar-refractivity contribution in [2.24, 2.45) is 0 Å². The van der Waals surface area contributed by atoms with Crippen molar-refractivity contribution in [2.45, 2.75) is 39.5 Å². The molecule has 1 aliphatic rings. The van der Waals surface area contributed by atoms with Crippen LogP contribution in [0.25, 0.3) is 0 Å². The molecule has 25 heavy (non-hydrogen) atoms. The first kappa shape index (κ1) is 17.3. The molecular formula is C24H26O. The van der Waals surface area contributed by atoms with Gasteiger partial charge >= 0.3 is 0 Å². The molecule has 0 N–H and O–H groups in total. The van der Waals surface area contributed by atoms with Crippen molar-refractivity contribution in [1.29, 1.82) is 0 Å². The van der Waals surface area contributed by atoms with E-state index >= 15 is 0 Å². The molecule has 0 bridgehead atoms. The summed E-state index contributed by atoms with van der Waals surface area (Å²) in [6.45, 7) is 6.29. The number of hydrogen-bond acceptors (Lipinski definition) is 1. The number of ether oxygens (including phenoxy) is 1. The van der Waals surface area contributed by atoms with Gasteiger partial charge in [0, 0.05) is 0 Å². The van der Waals surface area contributed by atoms with Gasteiger partial charge in [0.05, 0.1) is 0 Å². The van der Waals surface area contributed by atoms with Crippen LogP contribution in [0, 0.1) is 20.8 Å². The zero-order valence-electron chi connectivity index (χ0n) is 15.3. The Hall–Kier alpha value is -2.54. The molecule has 0 saturated heterocycles. The third kappa shape index (κ3) is 5.49. The normalized spacial score (nSPS) is 12.9. The Kier molecular flexibility index (Phi) is 5.55. The van der Waals surface area contributed by atoms with Crippen molar-refractivity contribution in [3.8, 4) is 11.5 Å². The van der Waals surface area contributed by atoms with Gasteiger partial charge in [-0.25, -0.2) is 0 Å². The molecule has 128 valence electrons. The second-order valence-corrected chi connectivity index (χ2v) is 6.92. The molecule has 0 amide bonds. The summed E-state index contributed by atoms with van der Waals surface area (Å²) >= 11 is 0. The van der Waals surface area contributed by atoms with Gasteiger partial charge in [0.1, 0.15) is 11.5 Å². The minimum Gasteiger partial charge on any atom is -0.457 e. The second-order valence-electron chi connectivity index (χ2n) is 6.92. The van der Waals surface area contributed by atoms with E-state index < -0.39 is 0 Å². The quantitative estimate of drug-likeness (QED) is 0.504. The number of benzene rings is 3. The summed E-state index contributed by atoms with van der Waals surface area (Å²) in [6, 6.07) is 25.1. The molecule has 1 saturated carbocycles. The molecule has 0 radical (unpaired) electrons. The fourth-order valence-corrected chi connectivity index (χ4v) is 2.87. The van der Waals surface area contributed by atoms with Crippen LogP contribution in [-0.2, 0) is 0 Å². The van der Waals surface area contributed by atoms with Crippen molar-refractivity contribution >= 4 is 0 Å². The first-order valence-electron chi connectivity index (χ1n) is 8.98. The first-order valence-corrected chi connectivity index (χ1v) is 8.98. The average Bonchev–Trinajstić information content (AvgIpc) is 3.40. The molecule has 0 heterocycles. The highest BCUT2D eigenvalue weighted by Crippen LogP contribution is 2.41. The van der Waals surface area contributed by atoms with Crippen LogP contribution in [-0.4, -0.2) is 0 Å². The minimum absolute atomic E-state index is 0.774. The van der Waals surface area contributed by atoms with E-state index in [1.54, 1.807) is 0 Å². The molecule has 3 aromatic carbocycles. The molecule has 1 nitrogen and oxygen atoms in total. The molecule has 0 aliphatic heterocycles. The van der Waals surface area contributed by atoms with Crippen molar-refractivity contribution in [2.75, 3.05) is 0 Å². The van der Waals surface area contributed by atoms with E-state index in [2.05, 4.69) is 75.4 Å². The van der Waals surface area contributed by atoms with Crippen LogP contribution in [0.4, 0.5) is 0 Å². The zero-order valence-corrected chi connectivity index (χ0v) is 15.3. The maximum atomic E-state index is 5.88. The Bertz CT molecular complexity index is 814. The van der Waals surface area contributed by atoms with E-state index in [-0.39, 0.29) is 0 Å².